The molecule has 0 aliphatic heterocycles. The molecule has 0 unspecified atom stereocenters. The summed E-state index contributed by atoms with van der Waals surface area (Å²) in [5.74, 6) is 1.99. The highest BCUT2D eigenvalue weighted by Crippen LogP contribution is 2.22. The quantitative estimate of drug-likeness (QED) is 0.569. The Kier molecular flexibility index (Phi) is 5.47. The predicted molar refractivity (Wildman–Crippen MR) is 99.2 cm³/mol. The number of anilines is 4. The Morgan fingerprint density at radius 2 is 1.75 bits per heavy atom. The normalized spacial score (nSPS) is 10.4. The molecular weight excluding hydrogens is 344 g/mol. The standard InChI is InChI=1S/C16H15ClN6S/c1-18-24-13-4-2-3-12(7-13)22-15-8-16(21-10-20-15)23-14-6-5-11(17)9-19-14/h2-10,18H,1H3,(H2,19,20,21,22,23). The third-order valence-corrected chi connectivity index (χ3v) is 3.89. The highest BCUT2D eigenvalue weighted by molar-refractivity contribution is 7.97. The zero-order valence-electron chi connectivity index (χ0n) is 12.8. The molecule has 1 aromatic carbocycles. The summed E-state index contributed by atoms with van der Waals surface area (Å²) in [4.78, 5) is 13.7. The summed E-state index contributed by atoms with van der Waals surface area (Å²) in [6.45, 7) is 0. The first-order chi connectivity index (χ1) is 11.7. The first-order valence-corrected chi connectivity index (χ1v) is 8.34. The highest BCUT2D eigenvalue weighted by Gasteiger charge is 2.02. The number of nitrogens with one attached hydrogen (secondary N) is 3. The lowest BCUT2D eigenvalue weighted by atomic mass is 10.3. The summed E-state index contributed by atoms with van der Waals surface area (Å²) in [6.07, 6.45) is 3.07. The Hall–Kier alpha value is -2.35. The second kappa shape index (κ2) is 7.96. The zero-order valence-corrected chi connectivity index (χ0v) is 14.4. The molecule has 0 saturated carbocycles. The monoisotopic (exact) mass is 358 g/mol. The maximum absolute atomic E-state index is 5.83. The van der Waals surface area contributed by atoms with Gasteiger partial charge >= 0.3 is 0 Å². The van der Waals surface area contributed by atoms with Gasteiger partial charge in [0.1, 0.15) is 23.8 Å². The van der Waals surface area contributed by atoms with Crippen LogP contribution in [-0.2, 0) is 0 Å². The van der Waals surface area contributed by atoms with Crippen molar-refractivity contribution in [3.63, 3.8) is 0 Å². The third-order valence-electron chi connectivity index (χ3n) is 2.98. The van der Waals surface area contributed by atoms with E-state index in [2.05, 4.69) is 30.3 Å². The van der Waals surface area contributed by atoms with E-state index in [9.17, 15) is 0 Å². The molecule has 2 heterocycles. The van der Waals surface area contributed by atoms with Crippen LogP contribution < -0.4 is 15.4 Å². The molecule has 0 saturated heterocycles. The van der Waals surface area contributed by atoms with Crippen LogP contribution in [0.1, 0.15) is 0 Å². The molecule has 122 valence electrons. The van der Waals surface area contributed by atoms with Crippen molar-refractivity contribution in [2.45, 2.75) is 4.90 Å². The summed E-state index contributed by atoms with van der Waals surface area (Å²) in [6, 6.07) is 13.4. The van der Waals surface area contributed by atoms with Crippen LogP contribution in [0.5, 0.6) is 0 Å². The van der Waals surface area contributed by atoms with E-state index in [1.54, 1.807) is 30.3 Å². The maximum Gasteiger partial charge on any atom is 0.137 e. The van der Waals surface area contributed by atoms with E-state index in [-0.39, 0.29) is 0 Å². The van der Waals surface area contributed by atoms with Crippen molar-refractivity contribution in [1.29, 1.82) is 0 Å². The first kappa shape index (κ1) is 16.5. The van der Waals surface area contributed by atoms with Crippen LogP contribution in [-0.4, -0.2) is 22.0 Å². The van der Waals surface area contributed by atoms with Gasteiger partial charge in [0.25, 0.3) is 0 Å². The van der Waals surface area contributed by atoms with E-state index in [4.69, 9.17) is 11.6 Å². The second-order valence-corrected chi connectivity index (χ2v) is 6.25. The molecule has 0 bridgehead atoms. The van der Waals surface area contributed by atoms with E-state index in [1.807, 2.05) is 37.4 Å². The Balaban J connectivity index is 1.73. The molecule has 0 amide bonds. The largest absolute Gasteiger partial charge is 0.340 e. The summed E-state index contributed by atoms with van der Waals surface area (Å²) < 4.78 is 3.05. The van der Waals surface area contributed by atoms with Crippen LogP contribution in [0.4, 0.5) is 23.1 Å². The van der Waals surface area contributed by atoms with Crippen LogP contribution in [0.15, 0.2) is 59.9 Å². The third kappa shape index (κ3) is 4.58. The van der Waals surface area contributed by atoms with Gasteiger partial charge in [-0.2, -0.15) is 0 Å². The van der Waals surface area contributed by atoms with E-state index in [0.717, 1.165) is 10.6 Å². The number of benzene rings is 1. The molecular formula is C16H15ClN6S. The van der Waals surface area contributed by atoms with Crippen LogP contribution in [0.25, 0.3) is 0 Å². The van der Waals surface area contributed by atoms with Gasteiger partial charge < -0.3 is 10.6 Å². The highest BCUT2D eigenvalue weighted by atomic mass is 35.5. The van der Waals surface area contributed by atoms with Crippen LogP contribution >= 0.6 is 23.5 Å². The minimum atomic E-state index is 0.588. The molecule has 0 aliphatic rings. The lowest BCUT2D eigenvalue weighted by Gasteiger charge is -2.09. The molecule has 0 spiro atoms. The smallest absolute Gasteiger partial charge is 0.137 e. The fourth-order valence-electron chi connectivity index (χ4n) is 1.98. The average molecular weight is 359 g/mol. The molecule has 0 atom stereocenters. The maximum atomic E-state index is 5.83. The van der Waals surface area contributed by atoms with E-state index in [1.165, 1.54) is 6.33 Å². The number of rotatable bonds is 6. The lowest BCUT2D eigenvalue weighted by molar-refractivity contribution is 1.16. The lowest BCUT2D eigenvalue weighted by Crippen LogP contribution is -1.99. The Labute approximate surface area is 149 Å². The minimum absolute atomic E-state index is 0.588. The van der Waals surface area contributed by atoms with Crippen LogP contribution in [0.2, 0.25) is 5.02 Å². The van der Waals surface area contributed by atoms with Gasteiger partial charge in [-0.3, -0.25) is 4.72 Å². The van der Waals surface area contributed by atoms with Crippen molar-refractivity contribution in [3.05, 3.63) is 60.0 Å². The van der Waals surface area contributed by atoms with Crippen molar-refractivity contribution in [2.24, 2.45) is 0 Å². The van der Waals surface area contributed by atoms with Gasteiger partial charge in [0.2, 0.25) is 0 Å². The fraction of sp³-hybridized carbons (Fsp3) is 0.0625. The van der Waals surface area contributed by atoms with Gasteiger partial charge in [-0.05, 0) is 49.3 Å². The molecule has 3 rings (SSSR count). The Morgan fingerprint density at radius 3 is 2.50 bits per heavy atom. The van der Waals surface area contributed by atoms with Crippen molar-refractivity contribution in [2.75, 3.05) is 17.7 Å². The zero-order chi connectivity index (χ0) is 16.8. The van der Waals surface area contributed by atoms with Crippen molar-refractivity contribution >= 4 is 46.7 Å². The Morgan fingerprint density at radius 1 is 0.917 bits per heavy atom. The molecule has 3 aromatic rings. The number of aromatic nitrogens is 3. The summed E-state index contributed by atoms with van der Waals surface area (Å²) in [5.41, 5.74) is 0.949. The van der Waals surface area contributed by atoms with Crippen LogP contribution in [0.3, 0.4) is 0 Å². The van der Waals surface area contributed by atoms with E-state index in [0.29, 0.717) is 22.5 Å². The SMILES string of the molecule is CNSc1cccc(Nc2cc(Nc3ccc(Cl)cn3)ncn2)c1. The van der Waals surface area contributed by atoms with Crippen molar-refractivity contribution in [1.82, 2.24) is 19.7 Å². The first-order valence-electron chi connectivity index (χ1n) is 7.14. The van der Waals surface area contributed by atoms with E-state index >= 15 is 0 Å². The molecule has 0 fully saturated rings. The molecule has 24 heavy (non-hydrogen) atoms. The summed E-state index contributed by atoms with van der Waals surface area (Å²) in [7, 11) is 1.89. The molecule has 8 heteroatoms. The summed E-state index contributed by atoms with van der Waals surface area (Å²) >= 11 is 7.39. The number of nitrogens with zero attached hydrogens (tertiary/aromatic N) is 3. The van der Waals surface area contributed by atoms with Gasteiger partial charge in [0.15, 0.2) is 0 Å². The molecule has 0 radical (unpaired) electrons. The molecule has 2 aromatic heterocycles. The predicted octanol–water partition coefficient (Wildman–Crippen LogP) is 4.24. The molecule has 0 aliphatic carbocycles. The fourth-order valence-corrected chi connectivity index (χ4v) is 2.66. The van der Waals surface area contributed by atoms with Gasteiger partial charge in [-0.1, -0.05) is 17.7 Å². The van der Waals surface area contributed by atoms with Gasteiger partial charge in [-0.15, -0.1) is 0 Å². The topological polar surface area (TPSA) is 74.8 Å². The van der Waals surface area contributed by atoms with Crippen molar-refractivity contribution < 1.29 is 0 Å². The average Bonchev–Trinajstić information content (AvgIpc) is 2.58. The van der Waals surface area contributed by atoms with Crippen molar-refractivity contribution in [3.8, 4) is 0 Å². The van der Waals surface area contributed by atoms with Crippen LogP contribution in [0, 0.1) is 0 Å². The molecule has 3 N–H and O–H groups in total. The van der Waals surface area contributed by atoms with Gasteiger partial charge in [-0.25, -0.2) is 15.0 Å². The second-order valence-electron chi connectivity index (χ2n) is 4.73. The Bertz CT molecular complexity index is 812. The number of pyridine rings is 1. The molecule has 6 nitrogen and oxygen atoms in total. The number of hydrogen-bond donors (Lipinski definition) is 3. The van der Waals surface area contributed by atoms with E-state index < -0.39 is 0 Å². The van der Waals surface area contributed by atoms with Gasteiger partial charge in [0.05, 0.1) is 5.02 Å². The number of hydrogen-bond acceptors (Lipinski definition) is 7. The summed E-state index contributed by atoms with van der Waals surface area (Å²) in [5, 5.41) is 6.97. The van der Waals surface area contributed by atoms with Gasteiger partial charge in [0, 0.05) is 22.8 Å². The number of halogens is 1. The minimum Gasteiger partial charge on any atom is -0.340 e.